The number of hydrogen-bond acceptors (Lipinski definition) is 2. The van der Waals surface area contributed by atoms with E-state index in [2.05, 4.69) is 22.4 Å². The Bertz CT molecular complexity index is 110. The quantitative estimate of drug-likeness (QED) is 0.571. The van der Waals surface area contributed by atoms with Crippen LogP contribution >= 0.6 is 0 Å². The molecule has 0 aromatic heterocycles. The lowest BCUT2D eigenvalue weighted by molar-refractivity contribution is 0.289. The number of nitrogens with one attached hydrogen (secondary N) is 1. The van der Waals surface area contributed by atoms with Crippen LogP contribution in [0.3, 0.4) is 0 Å². The first kappa shape index (κ1) is 7.76. The smallest absolute Gasteiger partial charge is 0.0481 e. The molecule has 0 bridgehead atoms. The molecule has 10 heavy (non-hydrogen) atoms. The molecule has 0 atom stereocenters. The van der Waals surface area contributed by atoms with E-state index in [1.54, 1.807) is 0 Å². The molecule has 0 unspecified atom stereocenters. The van der Waals surface area contributed by atoms with Gasteiger partial charge in [-0.25, -0.2) is 0 Å². The minimum Gasteiger partial charge on any atom is -0.307 e. The standard InChI is InChI=1S/C8H16N2/c1-9-8-10-6-4-2-3-5-7-10/h2,4,9H,3,5-8H2,1H3. The molecule has 2 nitrogen and oxygen atoms in total. The van der Waals surface area contributed by atoms with Gasteiger partial charge in [-0.1, -0.05) is 12.2 Å². The van der Waals surface area contributed by atoms with Crippen molar-refractivity contribution in [1.29, 1.82) is 0 Å². The summed E-state index contributed by atoms with van der Waals surface area (Å²) in [7, 11) is 1.99. The van der Waals surface area contributed by atoms with Crippen molar-refractivity contribution in [3.63, 3.8) is 0 Å². The highest BCUT2D eigenvalue weighted by Crippen LogP contribution is 2.00. The predicted molar refractivity (Wildman–Crippen MR) is 43.9 cm³/mol. The van der Waals surface area contributed by atoms with Crippen LogP contribution in [0.25, 0.3) is 0 Å². The van der Waals surface area contributed by atoms with Gasteiger partial charge in [-0.3, -0.25) is 4.90 Å². The minimum absolute atomic E-state index is 1.02. The van der Waals surface area contributed by atoms with Crippen molar-refractivity contribution in [3.8, 4) is 0 Å². The van der Waals surface area contributed by atoms with E-state index in [1.165, 1.54) is 19.4 Å². The lowest BCUT2D eigenvalue weighted by atomic mass is 10.3. The van der Waals surface area contributed by atoms with Gasteiger partial charge in [-0.05, 0) is 26.4 Å². The Morgan fingerprint density at radius 3 is 3.20 bits per heavy atom. The van der Waals surface area contributed by atoms with Crippen LogP contribution in [0.15, 0.2) is 12.2 Å². The molecule has 1 rings (SSSR count). The highest BCUT2D eigenvalue weighted by atomic mass is 15.2. The van der Waals surface area contributed by atoms with Gasteiger partial charge in [-0.2, -0.15) is 0 Å². The molecular formula is C8H16N2. The molecule has 1 aliphatic rings. The largest absolute Gasteiger partial charge is 0.307 e. The van der Waals surface area contributed by atoms with Crippen LogP contribution in [0, 0.1) is 0 Å². The van der Waals surface area contributed by atoms with Crippen molar-refractivity contribution in [2.75, 3.05) is 26.8 Å². The van der Waals surface area contributed by atoms with Gasteiger partial charge in [0.25, 0.3) is 0 Å². The normalized spacial score (nSPS) is 20.9. The molecule has 1 aliphatic heterocycles. The highest BCUT2D eigenvalue weighted by Gasteiger charge is 2.01. The molecule has 0 radical (unpaired) electrons. The molecule has 1 N–H and O–H groups in total. The molecule has 1 heterocycles. The van der Waals surface area contributed by atoms with Crippen molar-refractivity contribution in [1.82, 2.24) is 10.2 Å². The number of rotatable bonds is 2. The Balaban J connectivity index is 2.23. The van der Waals surface area contributed by atoms with Gasteiger partial charge in [0.05, 0.1) is 0 Å². The molecule has 0 amide bonds. The molecule has 0 saturated carbocycles. The second-order valence-corrected chi connectivity index (χ2v) is 2.70. The average molecular weight is 140 g/mol. The molecule has 58 valence electrons. The van der Waals surface area contributed by atoms with Gasteiger partial charge >= 0.3 is 0 Å². The second-order valence-electron chi connectivity index (χ2n) is 2.70. The monoisotopic (exact) mass is 140 g/mol. The third-order valence-corrected chi connectivity index (χ3v) is 1.76. The summed E-state index contributed by atoms with van der Waals surface area (Å²) in [6.07, 6.45) is 7.08. The SMILES string of the molecule is CNCN1CC=CCCC1. The zero-order valence-corrected chi connectivity index (χ0v) is 6.64. The fourth-order valence-electron chi connectivity index (χ4n) is 1.23. The third-order valence-electron chi connectivity index (χ3n) is 1.76. The molecule has 0 aliphatic carbocycles. The Labute approximate surface area is 62.9 Å². The highest BCUT2D eigenvalue weighted by molar-refractivity contribution is 4.87. The minimum atomic E-state index is 1.02. The Morgan fingerprint density at radius 2 is 2.40 bits per heavy atom. The van der Waals surface area contributed by atoms with Crippen molar-refractivity contribution >= 4 is 0 Å². The van der Waals surface area contributed by atoms with Crippen molar-refractivity contribution in [3.05, 3.63) is 12.2 Å². The topological polar surface area (TPSA) is 15.3 Å². The van der Waals surface area contributed by atoms with Gasteiger partial charge in [0.1, 0.15) is 0 Å². The summed E-state index contributed by atoms with van der Waals surface area (Å²) in [5.41, 5.74) is 0. The van der Waals surface area contributed by atoms with Crippen molar-refractivity contribution < 1.29 is 0 Å². The van der Waals surface area contributed by atoms with Crippen LogP contribution in [0.2, 0.25) is 0 Å². The van der Waals surface area contributed by atoms with Crippen LogP contribution in [0.4, 0.5) is 0 Å². The van der Waals surface area contributed by atoms with E-state index in [9.17, 15) is 0 Å². The summed E-state index contributed by atoms with van der Waals surface area (Å²) in [4.78, 5) is 2.41. The number of allylic oxidation sites excluding steroid dienone is 1. The van der Waals surface area contributed by atoms with Gasteiger partial charge in [0.15, 0.2) is 0 Å². The molecule has 0 aromatic carbocycles. The van der Waals surface area contributed by atoms with Gasteiger partial charge in [0, 0.05) is 13.2 Å². The van der Waals surface area contributed by atoms with Crippen LogP contribution < -0.4 is 5.32 Å². The molecule has 0 aromatic rings. The lowest BCUT2D eigenvalue weighted by Crippen LogP contribution is -2.32. The third kappa shape index (κ3) is 2.50. The van der Waals surface area contributed by atoms with Crippen molar-refractivity contribution in [2.24, 2.45) is 0 Å². The Hall–Kier alpha value is -0.340. The van der Waals surface area contributed by atoms with Gasteiger partial charge in [-0.15, -0.1) is 0 Å². The Morgan fingerprint density at radius 1 is 1.50 bits per heavy atom. The van der Waals surface area contributed by atoms with E-state index in [1.807, 2.05) is 7.05 Å². The van der Waals surface area contributed by atoms with Gasteiger partial charge < -0.3 is 5.32 Å². The predicted octanol–water partition coefficient (Wildman–Crippen LogP) is 0.815. The van der Waals surface area contributed by atoms with E-state index in [4.69, 9.17) is 0 Å². The summed E-state index contributed by atoms with van der Waals surface area (Å²) in [6, 6.07) is 0. The summed E-state index contributed by atoms with van der Waals surface area (Å²) < 4.78 is 0. The van der Waals surface area contributed by atoms with E-state index in [0.29, 0.717) is 0 Å². The summed E-state index contributed by atoms with van der Waals surface area (Å²) >= 11 is 0. The summed E-state index contributed by atoms with van der Waals surface area (Å²) in [5.74, 6) is 0. The zero-order valence-electron chi connectivity index (χ0n) is 6.64. The van der Waals surface area contributed by atoms with E-state index >= 15 is 0 Å². The first-order valence-corrected chi connectivity index (χ1v) is 3.95. The lowest BCUT2D eigenvalue weighted by Gasteiger charge is -2.17. The van der Waals surface area contributed by atoms with E-state index in [-0.39, 0.29) is 0 Å². The summed E-state index contributed by atoms with van der Waals surface area (Å²) in [5, 5.41) is 3.16. The number of nitrogens with zero attached hydrogens (tertiary/aromatic N) is 1. The van der Waals surface area contributed by atoms with E-state index < -0.39 is 0 Å². The average Bonchev–Trinajstić information content (AvgIpc) is 2.17. The number of hydrogen-bond donors (Lipinski definition) is 1. The molecule has 0 spiro atoms. The molecule has 0 saturated heterocycles. The van der Waals surface area contributed by atoms with Crippen molar-refractivity contribution in [2.45, 2.75) is 12.8 Å². The first-order valence-electron chi connectivity index (χ1n) is 3.95. The maximum absolute atomic E-state index is 3.16. The first-order chi connectivity index (χ1) is 4.93. The maximum atomic E-state index is 3.16. The van der Waals surface area contributed by atoms with Crippen LogP contribution in [0.1, 0.15) is 12.8 Å². The van der Waals surface area contributed by atoms with E-state index in [0.717, 1.165) is 13.2 Å². The molecule has 0 fully saturated rings. The summed E-state index contributed by atoms with van der Waals surface area (Å²) in [6.45, 7) is 3.36. The zero-order chi connectivity index (χ0) is 7.23. The van der Waals surface area contributed by atoms with Crippen LogP contribution in [0.5, 0.6) is 0 Å². The second kappa shape index (κ2) is 4.47. The maximum Gasteiger partial charge on any atom is 0.0481 e. The fraction of sp³-hybridized carbons (Fsp3) is 0.750. The Kier molecular flexibility index (Phi) is 3.47. The van der Waals surface area contributed by atoms with Gasteiger partial charge in [0.2, 0.25) is 0 Å². The van der Waals surface area contributed by atoms with Crippen LogP contribution in [-0.2, 0) is 0 Å². The fourth-order valence-corrected chi connectivity index (χ4v) is 1.23. The molecule has 2 heteroatoms. The van der Waals surface area contributed by atoms with Crippen LogP contribution in [-0.4, -0.2) is 31.7 Å². The molecular weight excluding hydrogens is 124 g/mol.